The van der Waals surface area contributed by atoms with Crippen molar-refractivity contribution in [3.63, 3.8) is 0 Å². The normalized spacial score (nSPS) is 17.0. The number of hydrogen-bond donors (Lipinski definition) is 0. The molecule has 2 aromatic rings. The van der Waals surface area contributed by atoms with Gasteiger partial charge in [0.2, 0.25) is 0 Å². The van der Waals surface area contributed by atoms with E-state index in [1.807, 2.05) is 36.4 Å². The lowest BCUT2D eigenvalue weighted by molar-refractivity contribution is 0.315. The first kappa shape index (κ1) is 23.5. The molecule has 0 spiro atoms. The molecular formula is C27H33NO4. The topological polar surface area (TPSA) is 40.2 Å². The van der Waals surface area contributed by atoms with Gasteiger partial charge in [-0.1, -0.05) is 25.6 Å². The van der Waals surface area contributed by atoms with Crippen LogP contribution >= 0.6 is 0 Å². The van der Waals surface area contributed by atoms with Crippen LogP contribution in [0.4, 0.5) is 0 Å². The van der Waals surface area contributed by atoms with Crippen molar-refractivity contribution in [1.82, 2.24) is 4.90 Å². The quantitative estimate of drug-likeness (QED) is 0.550. The second kappa shape index (κ2) is 10.9. The molecule has 0 saturated carbocycles. The summed E-state index contributed by atoms with van der Waals surface area (Å²) in [5.74, 6) is 2.88. The maximum atomic E-state index is 5.47. The molecule has 2 aromatic carbocycles. The minimum atomic E-state index is 0.717. The largest absolute Gasteiger partial charge is 0.493 e. The Morgan fingerprint density at radius 2 is 1.19 bits per heavy atom. The fourth-order valence-electron chi connectivity index (χ4n) is 3.96. The summed E-state index contributed by atoms with van der Waals surface area (Å²) < 4.78 is 21.7. The second-order valence-electron chi connectivity index (χ2n) is 7.76. The van der Waals surface area contributed by atoms with E-state index in [1.165, 1.54) is 11.1 Å². The highest BCUT2D eigenvalue weighted by Gasteiger charge is 2.21. The van der Waals surface area contributed by atoms with E-state index in [0.29, 0.717) is 0 Å². The van der Waals surface area contributed by atoms with Gasteiger partial charge < -0.3 is 18.9 Å². The number of hydrogen-bond acceptors (Lipinski definition) is 5. The molecule has 0 aliphatic carbocycles. The van der Waals surface area contributed by atoms with Crippen molar-refractivity contribution in [2.45, 2.75) is 13.3 Å². The van der Waals surface area contributed by atoms with Crippen LogP contribution in [-0.4, -0.2) is 53.0 Å². The van der Waals surface area contributed by atoms with Gasteiger partial charge in [-0.05, 0) is 77.2 Å². The molecule has 1 fully saturated rings. The molecule has 32 heavy (non-hydrogen) atoms. The van der Waals surface area contributed by atoms with Gasteiger partial charge in [-0.2, -0.15) is 0 Å². The molecule has 0 bridgehead atoms. The first-order chi connectivity index (χ1) is 15.5. The highest BCUT2D eigenvalue weighted by molar-refractivity contribution is 5.71. The summed E-state index contributed by atoms with van der Waals surface area (Å²) in [6.07, 6.45) is 5.48. The second-order valence-corrected chi connectivity index (χ2v) is 7.76. The zero-order valence-corrected chi connectivity index (χ0v) is 19.7. The van der Waals surface area contributed by atoms with Crippen LogP contribution in [0, 0.1) is 0 Å². The molecular weight excluding hydrogens is 402 g/mol. The van der Waals surface area contributed by atoms with E-state index >= 15 is 0 Å². The lowest BCUT2D eigenvalue weighted by Crippen LogP contribution is -2.34. The molecule has 0 atom stereocenters. The highest BCUT2D eigenvalue weighted by Crippen LogP contribution is 2.34. The van der Waals surface area contributed by atoms with E-state index in [2.05, 4.69) is 30.6 Å². The van der Waals surface area contributed by atoms with Crippen molar-refractivity contribution < 1.29 is 18.9 Å². The first-order valence-corrected chi connectivity index (χ1v) is 10.8. The van der Waals surface area contributed by atoms with Crippen LogP contribution in [0.25, 0.3) is 12.2 Å². The van der Waals surface area contributed by atoms with Gasteiger partial charge in [0.25, 0.3) is 0 Å². The summed E-state index contributed by atoms with van der Waals surface area (Å²) in [5, 5.41) is 0. The summed E-state index contributed by atoms with van der Waals surface area (Å²) in [7, 11) is 6.60. The van der Waals surface area contributed by atoms with Crippen LogP contribution in [0.1, 0.15) is 24.5 Å². The van der Waals surface area contributed by atoms with E-state index in [1.54, 1.807) is 28.4 Å². The monoisotopic (exact) mass is 435 g/mol. The van der Waals surface area contributed by atoms with Gasteiger partial charge >= 0.3 is 0 Å². The maximum Gasteiger partial charge on any atom is 0.161 e. The van der Waals surface area contributed by atoms with E-state index in [9.17, 15) is 0 Å². The van der Waals surface area contributed by atoms with Crippen molar-refractivity contribution in [2.24, 2.45) is 0 Å². The maximum absolute atomic E-state index is 5.47. The van der Waals surface area contributed by atoms with E-state index in [-0.39, 0.29) is 0 Å². The minimum Gasteiger partial charge on any atom is -0.493 e. The molecule has 0 N–H and O–H groups in total. The van der Waals surface area contributed by atoms with E-state index in [4.69, 9.17) is 18.9 Å². The summed E-state index contributed by atoms with van der Waals surface area (Å²) in [6.45, 7) is 9.41. The molecule has 1 saturated heterocycles. The van der Waals surface area contributed by atoms with Crippen LogP contribution in [0.5, 0.6) is 23.0 Å². The minimum absolute atomic E-state index is 0.717. The fourth-order valence-corrected chi connectivity index (χ4v) is 3.96. The molecule has 0 aromatic heterocycles. The smallest absolute Gasteiger partial charge is 0.161 e. The summed E-state index contributed by atoms with van der Waals surface area (Å²) in [5.41, 5.74) is 5.57. The first-order valence-electron chi connectivity index (χ1n) is 10.8. The average Bonchev–Trinajstić information content (AvgIpc) is 2.81. The summed E-state index contributed by atoms with van der Waals surface area (Å²) >= 11 is 0. The number of piperidine rings is 1. The molecule has 3 rings (SSSR count). The van der Waals surface area contributed by atoms with E-state index < -0.39 is 0 Å². The van der Waals surface area contributed by atoms with Gasteiger partial charge in [-0.25, -0.2) is 0 Å². The van der Waals surface area contributed by atoms with Crippen molar-refractivity contribution in [3.05, 3.63) is 70.8 Å². The van der Waals surface area contributed by atoms with Crippen molar-refractivity contribution in [2.75, 3.05) is 48.1 Å². The number of ether oxygens (including phenoxy) is 4. The summed E-state index contributed by atoms with van der Waals surface area (Å²) in [6, 6.07) is 11.9. The lowest BCUT2D eigenvalue weighted by atomic mass is 9.91. The van der Waals surface area contributed by atoms with Crippen LogP contribution in [0.15, 0.2) is 59.7 Å². The molecule has 1 heterocycles. The third kappa shape index (κ3) is 5.35. The number of methoxy groups -OCH3 is 4. The number of benzene rings is 2. The Balaban J connectivity index is 1.97. The fraction of sp³-hybridized carbons (Fsp3) is 0.333. The van der Waals surface area contributed by atoms with Crippen LogP contribution < -0.4 is 18.9 Å². The molecule has 5 heteroatoms. The predicted octanol–water partition coefficient (Wildman–Crippen LogP) is 5.47. The van der Waals surface area contributed by atoms with Crippen LogP contribution in [-0.2, 0) is 0 Å². The van der Waals surface area contributed by atoms with Gasteiger partial charge in [-0.3, -0.25) is 4.90 Å². The van der Waals surface area contributed by atoms with Crippen LogP contribution in [0.3, 0.4) is 0 Å². The third-order valence-corrected chi connectivity index (χ3v) is 5.60. The van der Waals surface area contributed by atoms with Gasteiger partial charge in [-0.15, -0.1) is 0 Å². The molecule has 0 unspecified atom stereocenters. The lowest BCUT2D eigenvalue weighted by Gasteiger charge is -2.32. The van der Waals surface area contributed by atoms with Crippen molar-refractivity contribution >= 4 is 12.2 Å². The molecule has 170 valence electrons. The Morgan fingerprint density at radius 3 is 1.56 bits per heavy atom. The van der Waals surface area contributed by atoms with E-state index in [0.717, 1.165) is 65.8 Å². The molecule has 0 radical (unpaired) electrons. The van der Waals surface area contributed by atoms with Crippen molar-refractivity contribution in [1.29, 1.82) is 0 Å². The molecule has 0 amide bonds. The highest BCUT2D eigenvalue weighted by atomic mass is 16.5. The Hall–Kier alpha value is -3.18. The average molecular weight is 436 g/mol. The number of nitrogens with zero attached hydrogens (tertiary/aromatic N) is 1. The molecule has 1 aliphatic heterocycles. The van der Waals surface area contributed by atoms with Gasteiger partial charge in [0, 0.05) is 13.1 Å². The zero-order chi connectivity index (χ0) is 23.1. The van der Waals surface area contributed by atoms with Gasteiger partial charge in [0.05, 0.1) is 28.4 Å². The van der Waals surface area contributed by atoms with Gasteiger partial charge in [0.1, 0.15) is 0 Å². The number of rotatable bonds is 8. The summed E-state index contributed by atoms with van der Waals surface area (Å²) in [4.78, 5) is 2.45. The zero-order valence-electron chi connectivity index (χ0n) is 19.7. The SMILES string of the molecule is C=C1/C(=C\c2ccc(OC)c(OC)c2)CN(CCC)C/C1=C/c1ccc(OC)c(OC)c1. The Kier molecular flexibility index (Phi) is 8.01. The predicted molar refractivity (Wildman–Crippen MR) is 131 cm³/mol. The number of likely N-dealkylation sites (tertiary alicyclic amines) is 1. The Labute approximate surface area is 191 Å². The molecule has 1 aliphatic rings. The Bertz CT molecular complexity index is 945. The van der Waals surface area contributed by atoms with Gasteiger partial charge in [0.15, 0.2) is 23.0 Å². The molecule has 5 nitrogen and oxygen atoms in total. The van der Waals surface area contributed by atoms with Crippen molar-refractivity contribution in [3.8, 4) is 23.0 Å². The Morgan fingerprint density at radius 1 is 0.750 bits per heavy atom. The van der Waals surface area contributed by atoms with Crippen LogP contribution in [0.2, 0.25) is 0 Å². The standard InChI is InChI=1S/C27H33NO4/c1-7-12-28-17-22(13-20-8-10-24(29-3)26(15-20)31-5)19(2)23(18-28)14-21-9-11-25(30-4)27(16-21)32-6/h8-11,13-16H,2,7,12,17-18H2,1,3-6H3/b22-13-,23-14-. The third-order valence-electron chi connectivity index (χ3n) is 5.60.